The maximum Gasteiger partial charge on any atom is 0.0120 e. The van der Waals surface area contributed by atoms with Gasteiger partial charge in [0.1, 0.15) is 0 Å². The maximum absolute atomic E-state index is 4.14. The van der Waals surface area contributed by atoms with Gasteiger partial charge in [-0.25, -0.2) is 0 Å². The lowest BCUT2D eigenvalue weighted by atomic mass is 9.89. The minimum Gasteiger partial charge on any atom is -0.381 e. The average Bonchev–Trinajstić information content (AvgIpc) is 2.65. The molecule has 0 aromatic heterocycles. The Morgan fingerprint density at radius 1 is 1.36 bits per heavy atom. The zero-order valence-electron chi connectivity index (χ0n) is 8.15. The van der Waals surface area contributed by atoms with Crippen molar-refractivity contribution in [3.8, 4) is 0 Å². The van der Waals surface area contributed by atoms with Crippen LogP contribution in [0.1, 0.15) is 26.7 Å². The second kappa shape index (κ2) is 2.54. The predicted octanol–water partition coefficient (Wildman–Crippen LogP) is 2.50. The summed E-state index contributed by atoms with van der Waals surface area (Å²) in [7, 11) is 4.18. The summed E-state index contributed by atoms with van der Waals surface area (Å²) in [5.41, 5.74) is 1.77. The maximum atomic E-state index is 4.14. The van der Waals surface area contributed by atoms with Crippen molar-refractivity contribution in [3.63, 3.8) is 0 Å². The summed E-state index contributed by atoms with van der Waals surface area (Å²) in [6.07, 6.45) is 2.67. The highest BCUT2D eigenvalue weighted by Crippen LogP contribution is 2.57. The standard InChI is InChI=1S/C10H19N/c1-8(2)10(6-7-10)9(3)11(4)5/h8H,3,6-7H2,1-2,4-5H3. The summed E-state index contributed by atoms with van der Waals surface area (Å²) in [4.78, 5) is 2.16. The molecule has 1 nitrogen and oxygen atoms in total. The van der Waals surface area contributed by atoms with Crippen molar-refractivity contribution in [1.82, 2.24) is 4.90 Å². The Morgan fingerprint density at radius 2 is 1.82 bits per heavy atom. The summed E-state index contributed by atoms with van der Waals surface area (Å²) in [5, 5.41) is 0. The first-order chi connectivity index (χ1) is 5.00. The van der Waals surface area contributed by atoms with Crippen LogP contribution in [-0.4, -0.2) is 19.0 Å². The Hall–Kier alpha value is -0.460. The molecule has 11 heavy (non-hydrogen) atoms. The van der Waals surface area contributed by atoms with E-state index in [0.717, 1.165) is 5.92 Å². The van der Waals surface area contributed by atoms with E-state index < -0.39 is 0 Å². The second-order valence-corrected chi connectivity index (χ2v) is 4.15. The van der Waals surface area contributed by atoms with Gasteiger partial charge >= 0.3 is 0 Å². The summed E-state index contributed by atoms with van der Waals surface area (Å²) < 4.78 is 0. The van der Waals surface area contributed by atoms with Gasteiger partial charge in [-0.15, -0.1) is 0 Å². The largest absolute Gasteiger partial charge is 0.381 e. The first-order valence-electron chi connectivity index (χ1n) is 4.37. The molecule has 0 amide bonds. The molecule has 1 saturated carbocycles. The lowest BCUT2D eigenvalue weighted by molar-refractivity contribution is 0.328. The minimum absolute atomic E-state index is 0.462. The highest BCUT2D eigenvalue weighted by atomic mass is 15.1. The number of rotatable bonds is 3. The molecule has 1 fully saturated rings. The highest BCUT2D eigenvalue weighted by molar-refractivity contribution is 5.18. The van der Waals surface area contributed by atoms with E-state index in [4.69, 9.17) is 0 Å². The smallest absolute Gasteiger partial charge is 0.0120 e. The van der Waals surface area contributed by atoms with E-state index >= 15 is 0 Å². The Bertz CT molecular complexity index is 164. The summed E-state index contributed by atoms with van der Waals surface area (Å²) in [5.74, 6) is 0.748. The fraction of sp³-hybridized carbons (Fsp3) is 0.800. The fourth-order valence-electron chi connectivity index (χ4n) is 1.78. The second-order valence-electron chi connectivity index (χ2n) is 4.15. The SMILES string of the molecule is C=C(N(C)C)C1(C(C)C)CC1. The van der Waals surface area contributed by atoms with Crippen LogP contribution in [0.15, 0.2) is 12.3 Å². The van der Waals surface area contributed by atoms with Gasteiger partial charge in [0, 0.05) is 25.2 Å². The van der Waals surface area contributed by atoms with Crippen LogP contribution in [0, 0.1) is 11.3 Å². The molecule has 0 aliphatic heterocycles. The molecule has 1 aliphatic carbocycles. The van der Waals surface area contributed by atoms with E-state index in [1.807, 2.05) is 0 Å². The molecular weight excluding hydrogens is 134 g/mol. The molecule has 0 bridgehead atoms. The molecule has 0 N–H and O–H groups in total. The zero-order valence-corrected chi connectivity index (χ0v) is 8.15. The quantitative estimate of drug-likeness (QED) is 0.602. The van der Waals surface area contributed by atoms with Crippen LogP contribution in [0.3, 0.4) is 0 Å². The Balaban J connectivity index is 2.66. The third kappa shape index (κ3) is 1.29. The first-order valence-corrected chi connectivity index (χ1v) is 4.37. The van der Waals surface area contributed by atoms with Crippen molar-refractivity contribution in [1.29, 1.82) is 0 Å². The molecule has 0 atom stereocenters. The van der Waals surface area contributed by atoms with E-state index in [9.17, 15) is 0 Å². The topological polar surface area (TPSA) is 3.24 Å². The molecule has 0 spiro atoms. The summed E-state index contributed by atoms with van der Waals surface area (Å²) in [6, 6.07) is 0. The molecular formula is C10H19N. The van der Waals surface area contributed by atoms with Gasteiger partial charge in [-0.1, -0.05) is 20.4 Å². The molecule has 0 aromatic carbocycles. The molecule has 1 aliphatic rings. The number of hydrogen-bond donors (Lipinski definition) is 0. The first kappa shape index (κ1) is 8.63. The van der Waals surface area contributed by atoms with Gasteiger partial charge in [0.05, 0.1) is 0 Å². The van der Waals surface area contributed by atoms with Gasteiger partial charge in [0.25, 0.3) is 0 Å². The van der Waals surface area contributed by atoms with Crippen molar-refractivity contribution in [2.24, 2.45) is 11.3 Å². The van der Waals surface area contributed by atoms with Crippen molar-refractivity contribution in [2.75, 3.05) is 14.1 Å². The van der Waals surface area contributed by atoms with Gasteiger partial charge in [0.15, 0.2) is 0 Å². The third-order valence-corrected chi connectivity index (χ3v) is 3.01. The van der Waals surface area contributed by atoms with Crippen LogP contribution < -0.4 is 0 Å². The molecule has 0 heterocycles. The van der Waals surface area contributed by atoms with Crippen molar-refractivity contribution >= 4 is 0 Å². The Kier molecular flexibility index (Phi) is 2.00. The highest BCUT2D eigenvalue weighted by Gasteiger charge is 2.48. The lowest BCUT2D eigenvalue weighted by Gasteiger charge is -2.28. The van der Waals surface area contributed by atoms with Gasteiger partial charge in [0.2, 0.25) is 0 Å². The van der Waals surface area contributed by atoms with Gasteiger partial charge in [-0.2, -0.15) is 0 Å². The molecule has 0 unspecified atom stereocenters. The normalized spacial score (nSPS) is 20.1. The van der Waals surface area contributed by atoms with Crippen molar-refractivity contribution in [2.45, 2.75) is 26.7 Å². The fourth-order valence-corrected chi connectivity index (χ4v) is 1.78. The van der Waals surface area contributed by atoms with Crippen LogP contribution in [0.5, 0.6) is 0 Å². The molecule has 0 aromatic rings. The molecule has 64 valence electrons. The predicted molar refractivity (Wildman–Crippen MR) is 49.3 cm³/mol. The zero-order chi connectivity index (χ0) is 8.65. The Morgan fingerprint density at radius 3 is 1.91 bits per heavy atom. The van der Waals surface area contributed by atoms with Crippen molar-refractivity contribution < 1.29 is 0 Å². The van der Waals surface area contributed by atoms with E-state index in [0.29, 0.717) is 5.41 Å². The summed E-state index contributed by atoms with van der Waals surface area (Å²) in [6.45, 7) is 8.72. The van der Waals surface area contributed by atoms with Gasteiger partial charge in [-0.05, 0) is 18.8 Å². The lowest BCUT2D eigenvalue weighted by Crippen LogP contribution is -2.23. The summed E-state index contributed by atoms with van der Waals surface area (Å²) >= 11 is 0. The average molecular weight is 153 g/mol. The van der Waals surface area contributed by atoms with Crippen molar-refractivity contribution in [3.05, 3.63) is 12.3 Å². The van der Waals surface area contributed by atoms with Crippen LogP contribution in [0.4, 0.5) is 0 Å². The van der Waals surface area contributed by atoms with E-state index in [1.54, 1.807) is 0 Å². The molecule has 1 heteroatoms. The van der Waals surface area contributed by atoms with Crippen LogP contribution in [-0.2, 0) is 0 Å². The number of allylic oxidation sites excluding steroid dienone is 1. The van der Waals surface area contributed by atoms with Crippen LogP contribution >= 0.6 is 0 Å². The van der Waals surface area contributed by atoms with Crippen LogP contribution in [0.2, 0.25) is 0 Å². The number of nitrogens with zero attached hydrogens (tertiary/aromatic N) is 1. The van der Waals surface area contributed by atoms with Gasteiger partial charge < -0.3 is 4.90 Å². The molecule has 0 radical (unpaired) electrons. The molecule has 1 rings (SSSR count). The van der Waals surface area contributed by atoms with E-state index in [2.05, 4.69) is 39.4 Å². The minimum atomic E-state index is 0.462. The monoisotopic (exact) mass is 153 g/mol. The Labute approximate surface area is 70.1 Å². The third-order valence-electron chi connectivity index (χ3n) is 3.01. The van der Waals surface area contributed by atoms with Gasteiger partial charge in [-0.3, -0.25) is 0 Å². The van der Waals surface area contributed by atoms with E-state index in [-0.39, 0.29) is 0 Å². The van der Waals surface area contributed by atoms with E-state index in [1.165, 1.54) is 18.5 Å². The van der Waals surface area contributed by atoms with Crippen LogP contribution in [0.25, 0.3) is 0 Å². The number of hydrogen-bond acceptors (Lipinski definition) is 1. The molecule has 0 saturated heterocycles.